The molecule has 0 bridgehead atoms. The molecule has 3 N–H and O–H groups in total. The quantitative estimate of drug-likeness (QED) is 0.783. The number of hydrogen-bond donors (Lipinski definition) is 3. The average molecular weight is 339 g/mol. The van der Waals surface area contributed by atoms with Crippen molar-refractivity contribution >= 4 is 29.1 Å². The summed E-state index contributed by atoms with van der Waals surface area (Å²) in [4.78, 5) is 35.9. The van der Waals surface area contributed by atoms with Crippen molar-refractivity contribution in [3.05, 3.63) is 59.7 Å². The molecule has 0 radical (unpaired) electrons. The molecular formula is C19H21N3O3. The van der Waals surface area contributed by atoms with E-state index in [0.29, 0.717) is 22.5 Å². The highest BCUT2D eigenvalue weighted by molar-refractivity contribution is 6.09. The van der Waals surface area contributed by atoms with Gasteiger partial charge in [-0.25, -0.2) is 0 Å². The molecular weight excluding hydrogens is 318 g/mol. The second-order valence-corrected chi connectivity index (χ2v) is 5.80. The molecule has 0 aliphatic rings. The van der Waals surface area contributed by atoms with Gasteiger partial charge in [0.25, 0.3) is 11.8 Å². The molecule has 6 heteroatoms. The topological polar surface area (TPSA) is 87.3 Å². The van der Waals surface area contributed by atoms with Crippen molar-refractivity contribution in [3.8, 4) is 0 Å². The summed E-state index contributed by atoms with van der Waals surface area (Å²) in [6.45, 7) is 3.61. The molecule has 3 amide bonds. The highest BCUT2D eigenvalue weighted by Gasteiger charge is 2.13. The van der Waals surface area contributed by atoms with Gasteiger partial charge in [0.15, 0.2) is 0 Å². The van der Waals surface area contributed by atoms with Crippen LogP contribution in [0.25, 0.3) is 0 Å². The second-order valence-electron chi connectivity index (χ2n) is 5.80. The van der Waals surface area contributed by atoms with Crippen LogP contribution < -0.4 is 16.0 Å². The second kappa shape index (κ2) is 8.10. The minimum Gasteiger partial charge on any atom is -0.355 e. The van der Waals surface area contributed by atoms with Gasteiger partial charge in [0.2, 0.25) is 5.91 Å². The fraction of sp³-hybridized carbons (Fsp3) is 0.211. The van der Waals surface area contributed by atoms with Crippen LogP contribution in [0.15, 0.2) is 48.5 Å². The van der Waals surface area contributed by atoms with E-state index < -0.39 is 0 Å². The molecule has 2 aromatic rings. The molecule has 0 spiro atoms. The average Bonchev–Trinajstić information content (AvgIpc) is 2.62. The lowest BCUT2D eigenvalue weighted by Crippen LogP contribution is -2.21. The van der Waals surface area contributed by atoms with Crippen LogP contribution in [0.2, 0.25) is 0 Å². The summed E-state index contributed by atoms with van der Waals surface area (Å²) in [7, 11) is 1.53. The lowest BCUT2D eigenvalue weighted by molar-refractivity contribution is -0.118. The summed E-state index contributed by atoms with van der Waals surface area (Å²) in [5.74, 6) is -0.818. The Morgan fingerprint density at radius 3 is 2.08 bits per heavy atom. The first-order chi connectivity index (χ1) is 11.9. The summed E-state index contributed by atoms with van der Waals surface area (Å²) in [5.41, 5.74) is 1.87. The van der Waals surface area contributed by atoms with Gasteiger partial charge in [-0.15, -0.1) is 0 Å². The third-order valence-electron chi connectivity index (χ3n) is 3.59. The molecule has 0 unspecified atom stereocenters. The van der Waals surface area contributed by atoms with Crippen molar-refractivity contribution in [2.45, 2.75) is 13.8 Å². The lowest BCUT2D eigenvalue weighted by atomic mass is 10.1. The van der Waals surface area contributed by atoms with Gasteiger partial charge in [0, 0.05) is 24.2 Å². The lowest BCUT2D eigenvalue weighted by Gasteiger charge is -2.11. The first-order valence-electron chi connectivity index (χ1n) is 7.95. The molecule has 0 atom stereocenters. The number of carbonyl (C=O) groups is 3. The van der Waals surface area contributed by atoms with Gasteiger partial charge >= 0.3 is 0 Å². The highest BCUT2D eigenvalue weighted by Crippen LogP contribution is 2.17. The van der Waals surface area contributed by atoms with Gasteiger partial charge in [-0.2, -0.15) is 0 Å². The van der Waals surface area contributed by atoms with Crippen molar-refractivity contribution in [3.63, 3.8) is 0 Å². The van der Waals surface area contributed by atoms with Crippen molar-refractivity contribution in [2.75, 3.05) is 17.7 Å². The zero-order valence-electron chi connectivity index (χ0n) is 14.4. The number of hydrogen-bond acceptors (Lipinski definition) is 3. The Labute approximate surface area is 146 Å². The minimum absolute atomic E-state index is 0.0864. The van der Waals surface area contributed by atoms with Gasteiger partial charge < -0.3 is 16.0 Å². The van der Waals surface area contributed by atoms with E-state index in [2.05, 4.69) is 16.0 Å². The van der Waals surface area contributed by atoms with Crippen LogP contribution in [-0.4, -0.2) is 24.8 Å². The molecule has 0 saturated carbocycles. The fourth-order valence-corrected chi connectivity index (χ4v) is 2.11. The maximum atomic E-state index is 12.4. The number of carbonyl (C=O) groups excluding carboxylic acids is 3. The Kier molecular flexibility index (Phi) is 5.89. The largest absolute Gasteiger partial charge is 0.355 e. The Bertz CT molecular complexity index is 783. The highest BCUT2D eigenvalue weighted by atomic mass is 16.2. The van der Waals surface area contributed by atoms with Gasteiger partial charge in [-0.3, -0.25) is 14.4 Å². The molecule has 0 aliphatic heterocycles. The Morgan fingerprint density at radius 1 is 0.840 bits per heavy atom. The predicted octanol–water partition coefficient (Wildman–Crippen LogP) is 2.89. The Hall–Kier alpha value is -3.15. The van der Waals surface area contributed by atoms with Crippen molar-refractivity contribution < 1.29 is 14.4 Å². The summed E-state index contributed by atoms with van der Waals surface area (Å²) in [6.07, 6.45) is 0. The van der Waals surface area contributed by atoms with Gasteiger partial charge in [0.05, 0.1) is 11.3 Å². The zero-order chi connectivity index (χ0) is 18.4. The Balaban J connectivity index is 2.12. The number of anilines is 2. The summed E-state index contributed by atoms with van der Waals surface area (Å²) < 4.78 is 0. The van der Waals surface area contributed by atoms with Gasteiger partial charge in [-0.1, -0.05) is 26.0 Å². The molecule has 25 heavy (non-hydrogen) atoms. The van der Waals surface area contributed by atoms with E-state index in [-0.39, 0.29) is 23.6 Å². The third-order valence-corrected chi connectivity index (χ3v) is 3.59. The van der Waals surface area contributed by atoms with E-state index in [9.17, 15) is 14.4 Å². The van der Waals surface area contributed by atoms with Crippen LogP contribution in [0.4, 0.5) is 11.4 Å². The monoisotopic (exact) mass is 339 g/mol. The van der Waals surface area contributed by atoms with Crippen molar-refractivity contribution in [2.24, 2.45) is 5.92 Å². The standard InChI is InChI=1S/C19H21N3O3/c1-12(2)17(23)21-14-10-8-13(9-11-14)18(24)22-16-7-5-4-6-15(16)19(25)20-3/h4-12H,1-3H3,(H,20,25)(H,21,23)(H,22,24). The van der Waals surface area contributed by atoms with E-state index in [1.165, 1.54) is 7.05 Å². The maximum Gasteiger partial charge on any atom is 0.255 e. The van der Waals surface area contributed by atoms with Crippen LogP contribution in [0, 0.1) is 5.92 Å². The molecule has 2 rings (SSSR count). The number of benzene rings is 2. The minimum atomic E-state index is -0.335. The van der Waals surface area contributed by atoms with Gasteiger partial charge in [-0.05, 0) is 36.4 Å². The number of rotatable bonds is 5. The molecule has 130 valence electrons. The smallest absolute Gasteiger partial charge is 0.255 e. The molecule has 6 nitrogen and oxygen atoms in total. The predicted molar refractivity (Wildman–Crippen MR) is 97.7 cm³/mol. The van der Waals surface area contributed by atoms with Gasteiger partial charge in [0.1, 0.15) is 0 Å². The van der Waals surface area contributed by atoms with Crippen LogP contribution in [0.1, 0.15) is 34.6 Å². The molecule has 0 heterocycles. The maximum absolute atomic E-state index is 12.4. The van der Waals surface area contributed by atoms with Crippen LogP contribution in [-0.2, 0) is 4.79 Å². The fourth-order valence-electron chi connectivity index (χ4n) is 2.11. The van der Waals surface area contributed by atoms with Crippen LogP contribution in [0.5, 0.6) is 0 Å². The molecule has 2 aromatic carbocycles. The van der Waals surface area contributed by atoms with E-state index in [1.807, 2.05) is 0 Å². The SMILES string of the molecule is CNC(=O)c1ccccc1NC(=O)c1ccc(NC(=O)C(C)C)cc1. The zero-order valence-corrected chi connectivity index (χ0v) is 14.4. The number of para-hydroxylation sites is 1. The summed E-state index contributed by atoms with van der Waals surface area (Å²) >= 11 is 0. The van der Waals surface area contributed by atoms with E-state index in [0.717, 1.165) is 0 Å². The molecule has 0 aliphatic carbocycles. The van der Waals surface area contributed by atoms with E-state index >= 15 is 0 Å². The van der Waals surface area contributed by atoms with Crippen LogP contribution in [0.3, 0.4) is 0 Å². The normalized spacial score (nSPS) is 10.2. The molecule has 0 aromatic heterocycles. The first kappa shape index (κ1) is 18.2. The summed E-state index contributed by atoms with van der Waals surface area (Å²) in [6, 6.07) is 13.3. The molecule has 0 fully saturated rings. The van der Waals surface area contributed by atoms with Crippen molar-refractivity contribution in [1.29, 1.82) is 0 Å². The Morgan fingerprint density at radius 2 is 1.48 bits per heavy atom. The number of amides is 3. The summed E-state index contributed by atoms with van der Waals surface area (Å²) in [5, 5.41) is 8.04. The van der Waals surface area contributed by atoms with Crippen LogP contribution >= 0.6 is 0 Å². The molecule has 0 saturated heterocycles. The third kappa shape index (κ3) is 4.67. The first-order valence-corrected chi connectivity index (χ1v) is 7.95. The van der Waals surface area contributed by atoms with E-state index in [4.69, 9.17) is 0 Å². The van der Waals surface area contributed by atoms with E-state index in [1.54, 1.807) is 62.4 Å². The number of nitrogens with one attached hydrogen (secondary N) is 3. The van der Waals surface area contributed by atoms with Crippen molar-refractivity contribution in [1.82, 2.24) is 5.32 Å².